The van der Waals surface area contributed by atoms with Crippen molar-refractivity contribution in [1.82, 2.24) is 15.2 Å². The third-order valence-electron chi connectivity index (χ3n) is 4.76. The van der Waals surface area contributed by atoms with E-state index in [0.717, 1.165) is 28.0 Å². The van der Waals surface area contributed by atoms with Crippen LogP contribution in [0.15, 0.2) is 21.1 Å². The van der Waals surface area contributed by atoms with E-state index < -0.39 is 40.4 Å². The number of thioether (sulfide) groups is 2. The fourth-order valence-electron chi connectivity index (χ4n) is 3.34. The standard InChI is InChI=1S/C17H17N5O7S3/c1-28-21-9(6-4-31-17(18)19-6)12(23)20-10-13(24)22-11(15(25)26)8(5-30-14(10)22)32-7-2-3-29-16(7)27/h4,7,10,14H,2-3,5H2,1H3,(H2,18,19)(H,20,23)(H,25,26)/b21-9-/t7?,10-,14-/m1/s1. The fraction of sp³-hybridized carbons (Fsp3) is 0.412. The third-order valence-corrected chi connectivity index (χ3v) is 8.23. The molecule has 3 atom stereocenters. The summed E-state index contributed by atoms with van der Waals surface area (Å²) in [7, 11) is 1.26. The topological polar surface area (TPSA) is 174 Å². The first-order valence-corrected chi connectivity index (χ1v) is 12.0. The number of carbonyl (C=O) groups excluding carboxylic acids is 3. The van der Waals surface area contributed by atoms with Crippen LogP contribution >= 0.6 is 34.9 Å². The number of cyclic esters (lactones) is 1. The van der Waals surface area contributed by atoms with Gasteiger partial charge in [-0.15, -0.1) is 34.9 Å². The highest BCUT2D eigenvalue weighted by molar-refractivity contribution is 8.07. The zero-order valence-corrected chi connectivity index (χ0v) is 18.9. The SMILES string of the molecule is CO/N=C(\C(=O)N[C@@H]1C(=O)N2C(C(=O)O)=C(SC3CCOC3=O)CS[C@H]12)c1csc(N)n1. The Morgan fingerprint density at radius 2 is 2.25 bits per heavy atom. The zero-order chi connectivity index (χ0) is 23.0. The van der Waals surface area contributed by atoms with E-state index in [1.54, 1.807) is 0 Å². The number of oxime groups is 1. The van der Waals surface area contributed by atoms with Crippen molar-refractivity contribution >= 4 is 69.5 Å². The average molecular weight is 500 g/mol. The van der Waals surface area contributed by atoms with E-state index in [0.29, 0.717) is 11.3 Å². The summed E-state index contributed by atoms with van der Waals surface area (Å²) in [5, 5.41) is 16.6. The molecule has 0 saturated carbocycles. The molecule has 2 amide bonds. The van der Waals surface area contributed by atoms with Gasteiger partial charge in [0.1, 0.15) is 35.2 Å². The number of nitrogen functional groups attached to an aromatic ring is 1. The van der Waals surface area contributed by atoms with E-state index in [2.05, 4.69) is 15.5 Å². The van der Waals surface area contributed by atoms with Crippen molar-refractivity contribution < 1.29 is 33.9 Å². The molecular formula is C17H17N5O7S3. The predicted molar refractivity (Wildman–Crippen MR) is 117 cm³/mol. The van der Waals surface area contributed by atoms with Gasteiger partial charge in [-0.3, -0.25) is 19.3 Å². The summed E-state index contributed by atoms with van der Waals surface area (Å²) in [6.07, 6.45) is 0.476. The first-order chi connectivity index (χ1) is 15.3. The van der Waals surface area contributed by atoms with Crippen molar-refractivity contribution in [1.29, 1.82) is 0 Å². The Hall–Kier alpha value is -2.78. The molecule has 1 aromatic rings. The molecule has 0 spiro atoms. The van der Waals surface area contributed by atoms with Gasteiger partial charge in [0, 0.05) is 22.5 Å². The van der Waals surface area contributed by atoms with Crippen LogP contribution in [0.2, 0.25) is 0 Å². The van der Waals surface area contributed by atoms with Crippen molar-refractivity contribution in [3.8, 4) is 0 Å². The molecular weight excluding hydrogens is 482 g/mol. The molecule has 3 aliphatic rings. The zero-order valence-electron chi connectivity index (χ0n) is 16.5. The summed E-state index contributed by atoms with van der Waals surface area (Å²) < 4.78 is 4.93. The van der Waals surface area contributed by atoms with Crippen LogP contribution in [-0.2, 0) is 28.8 Å². The van der Waals surface area contributed by atoms with Crippen molar-refractivity contribution in [2.75, 3.05) is 25.2 Å². The number of fused-ring (bicyclic) bond motifs is 1. The van der Waals surface area contributed by atoms with E-state index in [9.17, 15) is 24.3 Å². The van der Waals surface area contributed by atoms with Crippen LogP contribution < -0.4 is 11.1 Å². The van der Waals surface area contributed by atoms with Crippen LogP contribution in [0, 0.1) is 0 Å². The molecule has 0 aromatic carbocycles. The lowest BCUT2D eigenvalue weighted by Crippen LogP contribution is -2.71. The minimum absolute atomic E-state index is 0.155. The molecule has 0 aliphatic carbocycles. The number of anilines is 1. The molecule has 1 unspecified atom stereocenters. The average Bonchev–Trinajstić information content (AvgIpc) is 3.37. The number of nitrogens with zero attached hydrogens (tertiary/aromatic N) is 3. The van der Waals surface area contributed by atoms with Crippen molar-refractivity contribution in [2.24, 2.45) is 5.16 Å². The Bertz CT molecular complexity index is 1060. The van der Waals surface area contributed by atoms with Crippen molar-refractivity contribution in [3.05, 3.63) is 21.7 Å². The van der Waals surface area contributed by atoms with Gasteiger partial charge in [-0.1, -0.05) is 5.16 Å². The second-order valence-electron chi connectivity index (χ2n) is 6.69. The lowest BCUT2D eigenvalue weighted by atomic mass is 10.0. The molecule has 3 aliphatic heterocycles. The summed E-state index contributed by atoms with van der Waals surface area (Å²) in [4.78, 5) is 59.5. The molecule has 4 N–H and O–H groups in total. The second-order valence-corrected chi connectivity index (χ2v) is 9.99. The Morgan fingerprint density at radius 1 is 1.47 bits per heavy atom. The van der Waals surface area contributed by atoms with Gasteiger partial charge < -0.3 is 25.7 Å². The van der Waals surface area contributed by atoms with E-state index in [4.69, 9.17) is 15.3 Å². The summed E-state index contributed by atoms with van der Waals surface area (Å²) in [5.74, 6) is -2.67. The maximum atomic E-state index is 12.8. The summed E-state index contributed by atoms with van der Waals surface area (Å²) in [6.45, 7) is 0.286. The van der Waals surface area contributed by atoms with E-state index >= 15 is 0 Å². The van der Waals surface area contributed by atoms with Crippen molar-refractivity contribution in [2.45, 2.75) is 23.1 Å². The van der Waals surface area contributed by atoms with Crippen LogP contribution in [-0.4, -0.2) is 80.6 Å². The monoisotopic (exact) mass is 499 g/mol. The van der Waals surface area contributed by atoms with Gasteiger partial charge in [0.05, 0.1) is 6.61 Å². The van der Waals surface area contributed by atoms with E-state index in [1.807, 2.05) is 0 Å². The highest BCUT2D eigenvalue weighted by atomic mass is 32.2. The lowest BCUT2D eigenvalue weighted by molar-refractivity contribution is -0.150. The Morgan fingerprint density at radius 3 is 2.84 bits per heavy atom. The highest BCUT2D eigenvalue weighted by Crippen LogP contribution is 2.45. The number of esters is 1. The van der Waals surface area contributed by atoms with Gasteiger partial charge in [-0.2, -0.15) is 0 Å². The number of carbonyl (C=O) groups is 4. The van der Waals surface area contributed by atoms with Gasteiger partial charge in [-0.25, -0.2) is 9.78 Å². The molecule has 2 saturated heterocycles. The molecule has 0 radical (unpaired) electrons. The first-order valence-electron chi connectivity index (χ1n) is 9.19. The minimum Gasteiger partial charge on any atom is -0.477 e. The number of hydrogen-bond acceptors (Lipinski definition) is 12. The first kappa shape index (κ1) is 22.4. The Kier molecular flexibility index (Phi) is 6.30. The van der Waals surface area contributed by atoms with Gasteiger partial charge in [0.2, 0.25) is 0 Å². The fourth-order valence-corrected chi connectivity index (χ4v) is 6.58. The number of aromatic nitrogens is 1. The molecule has 4 heterocycles. The van der Waals surface area contributed by atoms with Crippen molar-refractivity contribution in [3.63, 3.8) is 0 Å². The molecule has 12 nitrogen and oxygen atoms in total. The molecule has 1 aromatic heterocycles. The summed E-state index contributed by atoms with van der Waals surface area (Å²) in [5.41, 5.74) is 5.47. The number of rotatable bonds is 7. The number of amides is 2. The van der Waals surface area contributed by atoms with Gasteiger partial charge in [-0.05, 0) is 0 Å². The van der Waals surface area contributed by atoms with Crippen LogP contribution in [0.4, 0.5) is 5.13 Å². The smallest absolute Gasteiger partial charge is 0.353 e. The number of aliphatic carboxylic acids is 1. The van der Waals surface area contributed by atoms with Crippen LogP contribution in [0.25, 0.3) is 0 Å². The van der Waals surface area contributed by atoms with E-state index in [-0.39, 0.29) is 34.6 Å². The molecule has 4 rings (SSSR count). The maximum Gasteiger partial charge on any atom is 0.353 e. The normalized spacial score (nSPS) is 25.2. The molecule has 170 valence electrons. The Labute approximate surface area is 193 Å². The van der Waals surface area contributed by atoms with Gasteiger partial charge in [0.15, 0.2) is 10.8 Å². The highest BCUT2D eigenvalue weighted by Gasteiger charge is 2.55. The number of carboxylic acid groups (broad SMARTS) is 1. The van der Waals surface area contributed by atoms with E-state index in [1.165, 1.54) is 24.3 Å². The van der Waals surface area contributed by atoms with Crippen LogP contribution in [0.5, 0.6) is 0 Å². The number of β-lactam (4-membered cyclic amide) rings is 1. The predicted octanol–water partition coefficient (Wildman–Crippen LogP) is -0.179. The Balaban J connectivity index is 1.51. The number of nitrogens with one attached hydrogen (secondary N) is 1. The second kappa shape index (κ2) is 8.99. The number of ether oxygens (including phenoxy) is 1. The number of nitrogens with two attached hydrogens (primary N) is 1. The molecule has 2 fully saturated rings. The van der Waals surface area contributed by atoms with Gasteiger partial charge >= 0.3 is 11.9 Å². The number of thiazole rings is 1. The number of hydrogen-bond donors (Lipinski definition) is 3. The molecule has 32 heavy (non-hydrogen) atoms. The van der Waals surface area contributed by atoms with Crippen LogP contribution in [0.1, 0.15) is 12.1 Å². The quantitative estimate of drug-likeness (QED) is 0.196. The summed E-state index contributed by atoms with van der Waals surface area (Å²) >= 11 is 3.52. The molecule has 0 bridgehead atoms. The minimum atomic E-state index is -1.28. The summed E-state index contributed by atoms with van der Waals surface area (Å²) in [6, 6.07) is -0.956. The van der Waals surface area contributed by atoms with Crippen LogP contribution in [0.3, 0.4) is 0 Å². The number of carboxylic acids is 1. The third kappa shape index (κ3) is 4.02. The molecule has 15 heteroatoms. The largest absolute Gasteiger partial charge is 0.477 e. The lowest BCUT2D eigenvalue weighted by Gasteiger charge is -2.49. The van der Waals surface area contributed by atoms with Gasteiger partial charge in [0.25, 0.3) is 11.8 Å². The maximum absolute atomic E-state index is 12.8.